The number of ketones is 1. The number of hydrogen-bond acceptors (Lipinski definition) is 3. The van der Waals surface area contributed by atoms with Crippen LogP contribution in [0.25, 0.3) is 0 Å². The molecule has 2 aliphatic carbocycles. The fraction of sp³-hybridized carbons (Fsp3) is 0.583. The molecule has 0 bridgehead atoms. The predicted molar refractivity (Wildman–Crippen MR) is 123 cm³/mol. The van der Waals surface area contributed by atoms with E-state index in [1.54, 1.807) is 18.2 Å². The van der Waals surface area contributed by atoms with Crippen LogP contribution in [0.2, 0.25) is 5.02 Å². The van der Waals surface area contributed by atoms with Gasteiger partial charge in [-0.15, -0.1) is 0 Å². The highest BCUT2D eigenvalue weighted by Gasteiger charge is 2.28. The molecule has 2 N–H and O–H groups in total. The zero-order valence-electron chi connectivity index (χ0n) is 18.2. The van der Waals surface area contributed by atoms with E-state index in [4.69, 9.17) is 11.6 Å². The third-order valence-corrected chi connectivity index (χ3v) is 6.21. The summed E-state index contributed by atoms with van der Waals surface area (Å²) in [7, 11) is 0. The first-order valence-electron chi connectivity index (χ1n) is 11.1. The van der Waals surface area contributed by atoms with E-state index < -0.39 is 0 Å². The highest BCUT2D eigenvalue weighted by Crippen LogP contribution is 2.32. The van der Waals surface area contributed by atoms with Crippen LogP contribution in [0.15, 0.2) is 36.0 Å². The number of amides is 2. The average molecular weight is 432 g/mol. The lowest BCUT2D eigenvalue weighted by Gasteiger charge is -2.35. The van der Waals surface area contributed by atoms with Crippen molar-refractivity contribution in [3.8, 4) is 0 Å². The van der Waals surface area contributed by atoms with E-state index in [-0.39, 0.29) is 17.2 Å². The van der Waals surface area contributed by atoms with Crippen molar-refractivity contribution in [2.75, 3.05) is 18.4 Å². The molecule has 2 aliphatic rings. The Morgan fingerprint density at radius 3 is 2.50 bits per heavy atom. The quantitative estimate of drug-likeness (QED) is 0.539. The Morgan fingerprint density at radius 1 is 1.13 bits per heavy atom. The Morgan fingerprint density at radius 2 is 1.83 bits per heavy atom. The number of rotatable bonds is 7. The minimum Gasteiger partial charge on any atom is -0.388 e. The summed E-state index contributed by atoms with van der Waals surface area (Å²) in [6.07, 6.45) is 9.83. The van der Waals surface area contributed by atoms with Crippen LogP contribution in [0.5, 0.6) is 0 Å². The van der Waals surface area contributed by atoms with Crippen molar-refractivity contribution in [2.45, 2.75) is 71.3 Å². The number of hydrogen-bond donors (Lipinski definition) is 2. The molecule has 2 amide bonds. The summed E-state index contributed by atoms with van der Waals surface area (Å²) in [6, 6.07) is 7.47. The Kier molecular flexibility index (Phi) is 7.81. The molecule has 1 fully saturated rings. The Bertz CT molecular complexity index is 767. The molecule has 0 heterocycles. The minimum absolute atomic E-state index is 0.0146. The third kappa shape index (κ3) is 6.76. The second-order valence-electron chi connectivity index (χ2n) is 9.36. The van der Waals surface area contributed by atoms with Crippen molar-refractivity contribution < 1.29 is 9.59 Å². The van der Waals surface area contributed by atoms with Crippen LogP contribution in [0.4, 0.5) is 10.5 Å². The number of nitrogens with one attached hydrogen (secondary N) is 2. The number of urea groups is 1. The van der Waals surface area contributed by atoms with Crippen molar-refractivity contribution in [3.63, 3.8) is 0 Å². The van der Waals surface area contributed by atoms with Gasteiger partial charge in [-0.1, -0.05) is 44.7 Å². The van der Waals surface area contributed by atoms with Crippen molar-refractivity contribution in [3.05, 3.63) is 41.1 Å². The zero-order valence-corrected chi connectivity index (χ0v) is 18.9. The molecule has 0 unspecified atom stereocenters. The number of carbonyl (C=O) groups excluding carboxylic acids is 2. The van der Waals surface area contributed by atoms with Crippen molar-refractivity contribution in [1.29, 1.82) is 0 Å². The first kappa shape index (κ1) is 22.7. The molecule has 6 heteroatoms. The third-order valence-electron chi connectivity index (χ3n) is 5.96. The summed E-state index contributed by atoms with van der Waals surface area (Å²) in [5.74, 6) is 0.194. The standard InChI is InChI=1S/C24H34ClN3O2/c1-24(2)16-20(15-22(29)17-24)26-13-6-14-28(21-7-4-3-5-8-21)23(30)27-19-11-9-18(25)10-12-19/h9-12,15,21,26H,3-8,13-14,16-17H2,1-2H3,(H,27,30). The maximum atomic E-state index is 13.0. The minimum atomic E-state index is -0.0441. The number of halogens is 1. The van der Waals surface area contributed by atoms with Gasteiger partial charge in [0.15, 0.2) is 5.78 Å². The summed E-state index contributed by atoms with van der Waals surface area (Å²) in [6.45, 7) is 5.71. The van der Waals surface area contributed by atoms with Crippen LogP contribution < -0.4 is 10.6 Å². The van der Waals surface area contributed by atoms with Crippen LogP contribution in [0.3, 0.4) is 0 Å². The van der Waals surface area contributed by atoms with E-state index in [9.17, 15) is 9.59 Å². The lowest BCUT2D eigenvalue weighted by Crippen LogP contribution is -2.45. The topological polar surface area (TPSA) is 61.4 Å². The highest BCUT2D eigenvalue weighted by atomic mass is 35.5. The molecule has 1 aromatic rings. The summed E-state index contributed by atoms with van der Waals surface area (Å²) in [5.41, 5.74) is 1.79. The maximum absolute atomic E-state index is 13.0. The van der Waals surface area contributed by atoms with E-state index >= 15 is 0 Å². The molecular formula is C24H34ClN3O2. The molecule has 0 saturated heterocycles. The van der Waals surface area contributed by atoms with Crippen LogP contribution in [0, 0.1) is 5.41 Å². The van der Waals surface area contributed by atoms with E-state index in [0.29, 0.717) is 24.0 Å². The molecule has 5 nitrogen and oxygen atoms in total. The smallest absolute Gasteiger partial charge is 0.322 e. The van der Waals surface area contributed by atoms with Crippen molar-refractivity contribution in [2.24, 2.45) is 5.41 Å². The van der Waals surface area contributed by atoms with E-state index in [0.717, 1.165) is 43.6 Å². The van der Waals surface area contributed by atoms with Gasteiger partial charge < -0.3 is 15.5 Å². The zero-order chi connectivity index (χ0) is 21.6. The molecule has 0 aliphatic heterocycles. The molecule has 0 aromatic heterocycles. The SMILES string of the molecule is CC1(C)CC(=O)C=C(NCCCN(C(=O)Nc2ccc(Cl)cc2)C2CCCCC2)C1. The van der Waals surface area contributed by atoms with Gasteiger partial charge in [0.05, 0.1) is 0 Å². The van der Waals surface area contributed by atoms with Gasteiger partial charge in [-0.05, 0) is 55.4 Å². The molecule has 0 radical (unpaired) electrons. The Balaban J connectivity index is 1.55. The van der Waals surface area contributed by atoms with E-state index in [1.807, 2.05) is 17.0 Å². The second-order valence-corrected chi connectivity index (χ2v) is 9.79. The van der Waals surface area contributed by atoms with Crippen LogP contribution in [-0.4, -0.2) is 35.8 Å². The molecule has 3 rings (SSSR count). The largest absolute Gasteiger partial charge is 0.388 e. The van der Waals surface area contributed by atoms with Crippen LogP contribution in [-0.2, 0) is 4.79 Å². The number of anilines is 1. The Hall–Kier alpha value is -2.01. The molecule has 0 spiro atoms. The van der Waals surface area contributed by atoms with Gasteiger partial charge in [-0.3, -0.25) is 4.79 Å². The predicted octanol–water partition coefficient (Wildman–Crippen LogP) is 5.76. The highest BCUT2D eigenvalue weighted by molar-refractivity contribution is 6.30. The van der Waals surface area contributed by atoms with Crippen LogP contribution in [0.1, 0.15) is 65.2 Å². The van der Waals surface area contributed by atoms with Gasteiger partial charge in [0.2, 0.25) is 0 Å². The second kappa shape index (κ2) is 10.3. The molecule has 1 saturated carbocycles. The fourth-order valence-corrected chi connectivity index (χ4v) is 4.66. The first-order chi connectivity index (χ1) is 14.3. The van der Waals surface area contributed by atoms with Crippen molar-refractivity contribution >= 4 is 29.1 Å². The molecule has 164 valence electrons. The van der Waals surface area contributed by atoms with Gasteiger partial charge in [0.25, 0.3) is 0 Å². The van der Waals surface area contributed by atoms with E-state index in [2.05, 4.69) is 24.5 Å². The van der Waals surface area contributed by atoms with E-state index in [1.165, 1.54) is 19.3 Å². The van der Waals surface area contributed by atoms with Crippen LogP contribution >= 0.6 is 11.6 Å². The van der Waals surface area contributed by atoms with Crippen molar-refractivity contribution in [1.82, 2.24) is 10.2 Å². The van der Waals surface area contributed by atoms with Gasteiger partial charge in [0.1, 0.15) is 0 Å². The summed E-state index contributed by atoms with van der Waals surface area (Å²) in [4.78, 5) is 27.0. The Labute approximate surface area is 185 Å². The maximum Gasteiger partial charge on any atom is 0.322 e. The lowest BCUT2D eigenvalue weighted by molar-refractivity contribution is -0.117. The molecule has 0 atom stereocenters. The number of allylic oxidation sites excluding steroid dienone is 2. The van der Waals surface area contributed by atoms with Gasteiger partial charge in [0, 0.05) is 48.0 Å². The van der Waals surface area contributed by atoms with Gasteiger partial charge >= 0.3 is 6.03 Å². The molecule has 1 aromatic carbocycles. The average Bonchev–Trinajstić information content (AvgIpc) is 2.69. The van der Waals surface area contributed by atoms with Gasteiger partial charge in [-0.2, -0.15) is 0 Å². The monoisotopic (exact) mass is 431 g/mol. The normalized spacial score (nSPS) is 19.2. The summed E-state index contributed by atoms with van der Waals surface area (Å²) < 4.78 is 0. The fourth-order valence-electron chi connectivity index (χ4n) is 4.53. The molecular weight excluding hydrogens is 398 g/mol. The molecule has 30 heavy (non-hydrogen) atoms. The summed E-state index contributed by atoms with van der Waals surface area (Å²) >= 11 is 5.95. The first-order valence-corrected chi connectivity index (χ1v) is 11.5. The number of nitrogens with zero attached hydrogens (tertiary/aromatic N) is 1. The number of benzene rings is 1. The van der Waals surface area contributed by atoms with Gasteiger partial charge in [-0.25, -0.2) is 4.79 Å². The number of carbonyl (C=O) groups is 2. The summed E-state index contributed by atoms with van der Waals surface area (Å²) in [5, 5.41) is 7.11. The lowest BCUT2D eigenvalue weighted by atomic mass is 9.79.